The topological polar surface area (TPSA) is 103 Å². The standard InChI is InChI=1S/C23H29FN2O7/c1-22(2,3)33-21(29)26-11-9-14(10-12-26)30-17-8-6-7-16(24)18(17)25-13-15-19(27)31-23(4,5)32-20(15)28/h6-8,13-14,25H,9-12H2,1-5H3. The van der Waals surface area contributed by atoms with Gasteiger partial charge in [0.25, 0.3) is 5.79 Å². The van der Waals surface area contributed by atoms with Crippen molar-refractivity contribution in [2.75, 3.05) is 18.4 Å². The fourth-order valence-electron chi connectivity index (χ4n) is 3.33. The highest BCUT2D eigenvalue weighted by Gasteiger charge is 2.39. The van der Waals surface area contributed by atoms with Crippen LogP contribution < -0.4 is 10.1 Å². The molecule has 0 aromatic heterocycles. The van der Waals surface area contributed by atoms with E-state index >= 15 is 0 Å². The average Bonchev–Trinajstić information content (AvgIpc) is 2.67. The SMILES string of the molecule is CC(C)(C)OC(=O)N1CCC(Oc2cccc(F)c2NC=C2C(=O)OC(C)(C)OC2=O)CC1. The Kier molecular flexibility index (Phi) is 6.85. The molecular formula is C23H29FN2O7. The van der Waals surface area contributed by atoms with Gasteiger partial charge in [0.2, 0.25) is 0 Å². The maximum Gasteiger partial charge on any atom is 0.410 e. The second-order valence-electron chi connectivity index (χ2n) is 9.28. The number of benzene rings is 1. The van der Waals surface area contributed by atoms with Gasteiger partial charge in [0.15, 0.2) is 5.57 Å². The number of nitrogens with one attached hydrogen (secondary N) is 1. The number of piperidine rings is 1. The van der Waals surface area contributed by atoms with Crippen molar-refractivity contribution in [1.82, 2.24) is 4.90 Å². The second kappa shape index (κ2) is 9.29. The average molecular weight is 464 g/mol. The van der Waals surface area contributed by atoms with Crippen LogP contribution in [0.1, 0.15) is 47.5 Å². The van der Waals surface area contributed by atoms with Gasteiger partial charge in [-0.1, -0.05) is 6.07 Å². The summed E-state index contributed by atoms with van der Waals surface area (Å²) in [5, 5.41) is 2.63. The Labute approximate surface area is 191 Å². The second-order valence-corrected chi connectivity index (χ2v) is 9.28. The molecule has 0 atom stereocenters. The summed E-state index contributed by atoms with van der Waals surface area (Å²) >= 11 is 0. The third-order valence-corrected chi connectivity index (χ3v) is 4.84. The van der Waals surface area contributed by atoms with Crippen LogP contribution in [0.25, 0.3) is 0 Å². The molecule has 180 valence electrons. The molecule has 1 aromatic carbocycles. The molecule has 2 heterocycles. The fourth-order valence-corrected chi connectivity index (χ4v) is 3.33. The molecule has 1 N–H and O–H groups in total. The zero-order valence-corrected chi connectivity index (χ0v) is 19.4. The first-order chi connectivity index (χ1) is 15.3. The monoisotopic (exact) mass is 464 g/mol. The molecular weight excluding hydrogens is 435 g/mol. The number of anilines is 1. The number of hydrogen-bond donors (Lipinski definition) is 1. The minimum Gasteiger partial charge on any atom is -0.488 e. The first kappa shape index (κ1) is 24.3. The Balaban J connectivity index is 1.66. The lowest BCUT2D eigenvalue weighted by Crippen LogP contribution is -2.44. The molecule has 3 rings (SSSR count). The van der Waals surface area contributed by atoms with E-state index < -0.39 is 34.7 Å². The van der Waals surface area contributed by atoms with E-state index in [2.05, 4.69) is 5.32 Å². The van der Waals surface area contributed by atoms with E-state index in [1.807, 2.05) is 20.8 Å². The van der Waals surface area contributed by atoms with Gasteiger partial charge in [0, 0.05) is 46.0 Å². The van der Waals surface area contributed by atoms with Crippen LogP contribution in [0, 0.1) is 5.82 Å². The van der Waals surface area contributed by atoms with Crippen molar-refractivity contribution < 1.29 is 37.7 Å². The maximum atomic E-state index is 14.5. The van der Waals surface area contributed by atoms with Crippen molar-refractivity contribution in [3.63, 3.8) is 0 Å². The summed E-state index contributed by atoms with van der Waals surface area (Å²) in [6, 6.07) is 4.29. The van der Waals surface area contributed by atoms with E-state index in [0.29, 0.717) is 25.9 Å². The van der Waals surface area contributed by atoms with Crippen LogP contribution >= 0.6 is 0 Å². The molecule has 0 radical (unpaired) electrons. The Morgan fingerprint density at radius 3 is 2.36 bits per heavy atom. The summed E-state index contributed by atoms with van der Waals surface area (Å²) in [6.45, 7) is 9.17. The van der Waals surface area contributed by atoms with Crippen molar-refractivity contribution >= 4 is 23.7 Å². The van der Waals surface area contributed by atoms with Crippen LogP contribution in [0.15, 0.2) is 30.0 Å². The minimum absolute atomic E-state index is 0.0370. The van der Waals surface area contributed by atoms with Gasteiger partial charge in [-0.05, 0) is 32.9 Å². The number of cyclic esters (lactones) is 2. The van der Waals surface area contributed by atoms with Crippen molar-refractivity contribution in [2.45, 2.75) is 65.0 Å². The number of para-hydroxylation sites is 1. The van der Waals surface area contributed by atoms with Crippen LogP contribution in [-0.2, 0) is 23.8 Å². The predicted octanol–water partition coefficient (Wildman–Crippen LogP) is 3.74. The van der Waals surface area contributed by atoms with E-state index in [0.717, 1.165) is 6.20 Å². The molecule has 2 fully saturated rings. The molecule has 2 saturated heterocycles. The van der Waals surface area contributed by atoms with Gasteiger partial charge < -0.3 is 29.2 Å². The van der Waals surface area contributed by atoms with E-state index in [9.17, 15) is 18.8 Å². The highest BCUT2D eigenvalue weighted by Crippen LogP contribution is 2.31. The number of amides is 1. The quantitative estimate of drug-likeness (QED) is 0.408. The third-order valence-electron chi connectivity index (χ3n) is 4.84. The van der Waals surface area contributed by atoms with Crippen LogP contribution in [0.3, 0.4) is 0 Å². The summed E-state index contributed by atoms with van der Waals surface area (Å²) in [5.74, 6) is -3.55. The van der Waals surface area contributed by atoms with Gasteiger partial charge in [-0.2, -0.15) is 0 Å². The van der Waals surface area contributed by atoms with Gasteiger partial charge in [-0.25, -0.2) is 18.8 Å². The molecule has 2 aliphatic rings. The Bertz CT molecular complexity index is 938. The summed E-state index contributed by atoms with van der Waals surface area (Å²) in [5.41, 5.74) is -1.01. The number of likely N-dealkylation sites (tertiary alicyclic amines) is 1. The van der Waals surface area contributed by atoms with Crippen LogP contribution in [0.4, 0.5) is 14.9 Å². The molecule has 0 unspecified atom stereocenters. The lowest BCUT2D eigenvalue weighted by atomic mass is 10.1. The first-order valence-electron chi connectivity index (χ1n) is 10.7. The van der Waals surface area contributed by atoms with Gasteiger partial charge in [0.1, 0.15) is 29.0 Å². The number of carbonyl (C=O) groups excluding carboxylic acids is 3. The molecule has 0 bridgehead atoms. The highest BCUT2D eigenvalue weighted by atomic mass is 19.1. The largest absolute Gasteiger partial charge is 0.488 e. The first-order valence-corrected chi connectivity index (χ1v) is 10.7. The lowest BCUT2D eigenvalue weighted by molar-refractivity contribution is -0.222. The normalized spacial score (nSPS) is 18.8. The highest BCUT2D eigenvalue weighted by molar-refractivity contribution is 6.15. The summed E-state index contributed by atoms with van der Waals surface area (Å²) < 4.78 is 36.0. The van der Waals surface area contributed by atoms with Gasteiger partial charge >= 0.3 is 18.0 Å². The molecule has 0 aliphatic carbocycles. The number of ether oxygens (including phenoxy) is 4. The summed E-state index contributed by atoms with van der Waals surface area (Å²) in [4.78, 5) is 38.0. The van der Waals surface area contributed by atoms with Crippen LogP contribution in [0.2, 0.25) is 0 Å². The zero-order chi connectivity index (χ0) is 24.4. The molecule has 9 nitrogen and oxygen atoms in total. The van der Waals surface area contributed by atoms with E-state index in [1.54, 1.807) is 11.0 Å². The maximum absolute atomic E-state index is 14.5. The number of esters is 2. The Hall–Kier alpha value is -3.30. The lowest BCUT2D eigenvalue weighted by Gasteiger charge is -2.33. The smallest absolute Gasteiger partial charge is 0.410 e. The molecule has 0 saturated carbocycles. The van der Waals surface area contributed by atoms with E-state index in [-0.39, 0.29) is 23.6 Å². The third kappa shape index (κ3) is 6.36. The van der Waals surface area contributed by atoms with Crippen LogP contribution in [-0.4, -0.2) is 53.5 Å². The fraction of sp³-hybridized carbons (Fsp3) is 0.522. The number of halogens is 1. The van der Waals surface area contributed by atoms with Gasteiger partial charge in [-0.3, -0.25) is 0 Å². The predicted molar refractivity (Wildman–Crippen MR) is 116 cm³/mol. The molecule has 1 aromatic rings. The Morgan fingerprint density at radius 2 is 1.79 bits per heavy atom. The number of nitrogens with zero attached hydrogens (tertiary/aromatic N) is 1. The van der Waals surface area contributed by atoms with Crippen LogP contribution in [0.5, 0.6) is 5.75 Å². The number of hydrogen-bond acceptors (Lipinski definition) is 8. The minimum atomic E-state index is -1.37. The molecule has 33 heavy (non-hydrogen) atoms. The Morgan fingerprint density at radius 1 is 1.18 bits per heavy atom. The van der Waals surface area contributed by atoms with Crippen molar-refractivity contribution in [3.8, 4) is 5.75 Å². The van der Waals surface area contributed by atoms with Crippen molar-refractivity contribution in [1.29, 1.82) is 0 Å². The van der Waals surface area contributed by atoms with Gasteiger partial charge in [-0.15, -0.1) is 0 Å². The van der Waals surface area contributed by atoms with E-state index in [1.165, 1.54) is 26.0 Å². The zero-order valence-electron chi connectivity index (χ0n) is 19.4. The summed E-state index contributed by atoms with van der Waals surface area (Å²) in [6.07, 6.45) is 1.46. The number of carbonyl (C=O) groups is 3. The van der Waals surface area contributed by atoms with Gasteiger partial charge in [0.05, 0.1) is 0 Å². The molecule has 2 aliphatic heterocycles. The molecule has 0 spiro atoms. The molecule has 10 heteroatoms. The molecule has 1 amide bonds. The number of rotatable bonds is 4. The van der Waals surface area contributed by atoms with E-state index in [4.69, 9.17) is 18.9 Å². The van der Waals surface area contributed by atoms with Crippen molar-refractivity contribution in [2.24, 2.45) is 0 Å². The summed E-state index contributed by atoms with van der Waals surface area (Å²) in [7, 11) is 0. The van der Waals surface area contributed by atoms with Crippen molar-refractivity contribution in [3.05, 3.63) is 35.8 Å².